The zero-order valence-electron chi connectivity index (χ0n) is 76.2. The zero-order chi connectivity index (χ0) is 88.2. The number of nitrogens with zero attached hydrogens (tertiary/aromatic N) is 4. The van der Waals surface area contributed by atoms with Crippen LogP contribution in [0, 0.1) is 0 Å². The van der Waals surface area contributed by atoms with E-state index in [-0.39, 0.29) is 28.4 Å². The molecule has 6 heterocycles. The highest BCUT2D eigenvalue weighted by Gasteiger charge is 2.47. The molecule has 7 heteroatoms. The van der Waals surface area contributed by atoms with Crippen molar-refractivity contribution in [2.75, 3.05) is 9.80 Å². The van der Waals surface area contributed by atoms with E-state index in [4.69, 9.17) is 8.83 Å². The lowest BCUT2D eigenvalue weighted by molar-refractivity contribution is 0.590. The first-order chi connectivity index (χ1) is 62.1. The second-order valence-corrected chi connectivity index (χ2v) is 41.2. The molecule has 0 radical (unpaired) electrons. The predicted molar refractivity (Wildman–Crippen MR) is 550 cm³/mol. The van der Waals surface area contributed by atoms with E-state index in [1.165, 1.54) is 65.8 Å². The average molecular weight is 1670 g/mol. The number of fused-ring (bicyclic) bond motifs is 16. The second kappa shape index (κ2) is 29.1. The van der Waals surface area contributed by atoms with E-state index in [0.717, 1.165) is 178 Å². The van der Waals surface area contributed by atoms with Crippen molar-refractivity contribution in [1.82, 2.24) is 9.13 Å². The van der Waals surface area contributed by atoms with Gasteiger partial charge in [0.2, 0.25) is 0 Å². The van der Waals surface area contributed by atoms with Crippen molar-refractivity contribution >= 4 is 145 Å². The molecule has 626 valence electrons. The molecule has 129 heavy (non-hydrogen) atoms. The van der Waals surface area contributed by atoms with Gasteiger partial charge in [0, 0.05) is 111 Å². The van der Waals surface area contributed by atoms with E-state index in [0.29, 0.717) is 0 Å². The summed E-state index contributed by atoms with van der Waals surface area (Å²) in [6, 6.07) is 134. The lowest BCUT2D eigenvalue weighted by atomic mass is 9.33. The molecule has 0 atom stereocenters. The van der Waals surface area contributed by atoms with Crippen LogP contribution in [0.2, 0.25) is 0 Å². The van der Waals surface area contributed by atoms with Gasteiger partial charge in [0.1, 0.15) is 22.3 Å². The summed E-state index contributed by atoms with van der Waals surface area (Å²) in [5, 5.41) is 9.20. The molecule has 21 aromatic rings. The van der Waals surface area contributed by atoms with Crippen molar-refractivity contribution in [3.05, 3.63) is 380 Å². The Balaban J connectivity index is 0.914. The van der Waals surface area contributed by atoms with E-state index in [2.05, 4.69) is 475 Å². The lowest BCUT2D eigenvalue weighted by Gasteiger charge is -2.46. The highest BCUT2D eigenvalue weighted by molar-refractivity contribution is 7.00. The quantitative estimate of drug-likeness (QED) is 0.128. The molecule has 23 rings (SSSR count). The van der Waals surface area contributed by atoms with Crippen molar-refractivity contribution in [3.8, 4) is 78.1 Å². The molecular formula is C122H103BN4O2. The first-order valence-corrected chi connectivity index (χ1v) is 45.8. The predicted octanol–water partition coefficient (Wildman–Crippen LogP) is 32.3. The Morgan fingerprint density at radius 1 is 0.217 bits per heavy atom. The monoisotopic (exact) mass is 1670 g/mol. The zero-order valence-corrected chi connectivity index (χ0v) is 76.2. The van der Waals surface area contributed by atoms with Crippen molar-refractivity contribution < 1.29 is 8.83 Å². The highest BCUT2D eigenvalue weighted by atomic mass is 16.3. The fraction of sp³-hybridized carbons (Fsp3) is 0.164. The van der Waals surface area contributed by atoms with Crippen LogP contribution in [0.1, 0.15) is 132 Å². The normalized spacial score (nSPS) is 13.2. The Labute approximate surface area is 756 Å². The number of benzene rings is 17. The maximum atomic E-state index is 7.41. The summed E-state index contributed by atoms with van der Waals surface area (Å²) in [4.78, 5) is 5.47. The van der Waals surface area contributed by atoms with Gasteiger partial charge in [-0.2, -0.15) is 0 Å². The molecule has 6 nitrogen and oxygen atoms in total. The molecule has 0 amide bonds. The molecule has 0 spiro atoms. The van der Waals surface area contributed by atoms with E-state index < -0.39 is 5.41 Å². The molecule has 0 saturated heterocycles. The Hall–Kier alpha value is -14.4. The highest BCUT2D eigenvalue weighted by Crippen LogP contribution is 2.58. The van der Waals surface area contributed by atoms with Gasteiger partial charge in [-0.15, -0.1) is 0 Å². The maximum Gasteiger partial charge on any atom is 0.252 e. The van der Waals surface area contributed by atoms with Crippen LogP contribution in [0.5, 0.6) is 0 Å². The van der Waals surface area contributed by atoms with Gasteiger partial charge < -0.3 is 27.8 Å². The van der Waals surface area contributed by atoms with Crippen molar-refractivity contribution in [3.63, 3.8) is 0 Å². The second-order valence-electron chi connectivity index (χ2n) is 41.2. The van der Waals surface area contributed by atoms with Crippen molar-refractivity contribution in [2.45, 2.75) is 131 Å². The molecule has 0 fully saturated rings. The van der Waals surface area contributed by atoms with Gasteiger partial charge in [0.15, 0.2) is 0 Å². The molecule has 0 N–H and O–H groups in total. The van der Waals surface area contributed by atoms with Crippen LogP contribution >= 0.6 is 0 Å². The molecule has 17 aromatic carbocycles. The van der Waals surface area contributed by atoms with Crippen LogP contribution in [-0.2, 0) is 27.1 Å². The SMILES string of the molecule is CC(C)(C)c1cc2c3c(c1)N(c1c(-c4ccccc4)cc(-c4ccccc4)cc1-c1cccc4c1oc1ccccc14)c1cc(-n4c5ccc(C(C)(C)C)cc5c5cc(C(C)(C)C)ccc54)ccc1B3c1ccc(-n3c4ccc(C(C)(C)C)cc4c4cc(C(C)(C)C)ccc43)cc1N2c1c(-c2ccccc2)cc(-c2ccccc2)cc1-c1cccc2c1oc1ccccc12. The van der Waals surface area contributed by atoms with Gasteiger partial charge in [-0.1, -0.05) is 334 Å². The number of hydrogen-bond acceptors (Lipinski definition) is 4. The first kappa shape index (κ1) is 79.3. The van der Waals surface area contributed by atoms with Gasteiger partial charge in [-0.25, -0.2) is 0 Å². The van der Waals surface area contributed by atoms with Gasteiger partial charge in [-0.05, 0) is 226 Å². The Bertz CT molecular complexity index is 7570. The lowest BCUT2D eigenvalue weighted by Crippen LogP contribution is -2.61. The fourth-order valence-electron chi connectivity index (χ4n) is 21.0. The summed E-state index contributed by atoms with van der Waals surface area (Å²) in [6.07, 6.45) is 0. The summed E-state index contributed by atoms with van der Waals surface area (Å²) in [5.74, 6) is 0. The summed E-state index contributed by atoms with van der Waals surface area (Å²) in [5.41, 5.74) is 38.2. The number of para-hydroxylation sites is 4. The van der Waals surface area contributed by atoms with Crippen molar-refractivity contribution in [1.29, 1.82) is 0 Å². The Morgan fingerprint density at radius 2 is 0.527 bits per heavy atom. The van der Waals surface area contributed by atoms with Crippen molar-refractivity contribution in [2.24, 2.45) is 0 Å². The van der Waals surface area contributed by atoms with Gasteiger partial charge in [0.05, 0.1) is 33.4 Å². The summed E-state index contributed by atoms with van der Waals surface area (Å²) in [6.45, 7) is 34.9. The van der Waals surface area contributed by atoms with E-state index in [1.807, 2.05) is 0 Å². The van der Waals surface area contributed by atoms with E-state index in [1.54, 1.807) is 0 Å². The molecular weight excluding hydrogens is 1560 g/mol. The first-order valence-electron chi connectivity index (χ1n) is 45.8. The third-order valence-corrected chi connectivity index (χ3v) is 27.9. The molecule has 0 aliphatic carbocycles. The molecule has 2 aliphatic rings. The number of furan rings is 2. The Morgan fingerprint density at radius 3 is 0.868 bits per heavy atom. The number of aromatic nitrogens is 2. The van der Waals surface area contributed by atoms with Crippen LogP contribution in [0.15, 0.2) is 361 Å². The van der Waals surface area contributed by atoms with Crippen LogP contribution in [0.3, 0.4) is 0 Å². The summed E-state index contributed by atoms with van der Waals surface area (Å²) in [7, 11) is 0. The molecule has 4 aromatic heterocycles. The number of rotatable bonds is 10. The summed E-state index contributed by atoms with van der Waals surface area (Å²) >= 11 is 0. The minimum absolute atomic E-state index is 0.104. The maximum absolute atomic E-state index is 7.41. The summed E-state index contributed by atoms with van der Waals surface area (Å²) < 4.78 is 20.0. The van der Waals surface area contributed by atoms with Crippen LogP contribution in [0.4, 0.5) is 34.1 Å². The van der Waals surface area contributed by atoms with Gasteiger partial charge in [0.25, 0.3) is 6.71 Å². The van der Waals surface area contributed by atoms with Gasteiger partial charge in [-0.3, -0.25) is 0 Å². The topological polar surface area (TPSA) is 42.6 Å². The average Bonchev–Trinajstić information content (AvgIpc) is 1.35. The van der Waals surface area contributed by atoms with Crippen LogP contribution < -0.4 is 26.2 Å². The largest absolute Gasteiger partial charge is 0.455 e. The fourth-order valence-corrected chi connectivity index (χ4v) is 21.0. The minimum atomic E-state index is -0.450. The standard InChI is InChI=1S/C122H103BN4O2/c1-118(2,3)80-50-58-103-95(66-80)96-67-81(119(4,5)6)51-59-104(96)124(103)85-54-56-101-107(72-85)126(114-93(76-38-24-18-25-39-76)62-78(74-34-20-16-21-35-74)64-99(114)91-46-32-44-89-87-42-28-30-48-111(87)128-116(89)91)109-70-84(122(13,14)15)71-110-113(109)123(101)102-57-55-86(125-105-60-52-82(120(7,8)9)68-97(105)98-69-83(121(10,11)12)53-61-106(98)125)73-108(102)127(110)115-94(77-40-26-19-27-41-77)63-79(75-36-22-17-23-37-75)65-100(115)92-47-33-45-90-88-43-29-31-49-112(88)129-117(90)92/h16-73H,1-15H3. The number of anilines is 6. The molecule has 2 aliphatic heterocycles. The van der Waals surface area contributed by atoms with E-state index >= 15 is 0 Å². The number of hydrogen-bond donors (Lipinski definition) is 0. The minimum Gasteiger partial charge on any atom is -0.455 e. The van der Waals surface area contributed by atoms with Crippen LogP contribution in [-0.4, -0.2) is 15.8 Å². The third kappa shape index (κ3) is 12.9. The third-order valence-electron chi connectivity index (χ3n) is 27.9. The van der Waals surface area contributed by atoms with Gasteiger partial charge >= 0.3 is 0 Å². The molecule has 0 bridgehead atoms. The Kier molecular flexibility index (Phi) is 17.9. The van der Waals surface area contributed by atoms with Crippen LogP contribution in [0.25, 0.3) is 166 Å². The smallest absolute Gasteiger partial charge is 0.252 e. The molecule has 0 unspecified atom stereocenters. The molecule has 0 saturated carbocycles. The van der Waals surface area contributed by atoms with E-state index in [9.17, 15) is 0 Å².